The quantitative estimate of drug-likeness (QED) is 0.491. The van der Waals surface area contributed by atoms with Gasteiger partial charge in [0.05, 0.1) is 0 Å². The Hall–Kier alpha value is 1.80. The van der Waals surface area contributed by atoms with Crippen molar-refractivity contribution in [2.45, 2.75) is 14.8 Å². The van der Waals surface area contributed by atoms with Crippen molar-refractivity contribution in [3.8, 4) is 0 Å². The van der Waals surface area contributed by atoms with Gasteiger partial charge < -0.3 is 0 Å². The van der Waals surface area contributed by atoms with Crippen molar-refractivity contribution >= 4 is 49.3 Å². The molecule has 0 aromatic rings. The number of rotatable bonds is 0. The summed E-state index contributed by atoms with van der Waals surface area (Å²) in [6.07, 6.45) is 0. The van der Waals surface area contributed by atoms with E-state index in [0.717, 1.165) is 0 Å². The molecule has 0 fully saturated rings. The fourth-order valence-corrected chi connectivity index (χ4v) is 0. The third-order valence-electron chi connectivity index (χ3n) is 0. The second-order valence-electron chi connectivity index (χ2n) is 1.73. The van der Waals surface area contributed by atoms with E-state index in [1.54, 1.807) is 0 Å². The van der Waals surface area contributed by atoms with Gasteiger partial charge in [-0.15, -0.1) is 0 Å². The summed E-state index contributed by atoms with van der Waals surface area (Å²) < 4.78 is 0. The second kappa shape index (κ2) is 5.80. The molecular weight excluding hydrogens is 178 g/mol. The Labute approximate surface area is 63.4 Å². The van der Waals surface area contributed by atoms with Crippen molar-refractivity contribution in [3.63, 3.8) is 0 Å². The Morgan fingerprint density at radius 1 is 1.00 bits per heavy atom. The van der Waals surface area contributed by atoms with E-state index < -0.39 is 19.8 Å². The maximum atomic E-state index is 2.38. The molecule has 0 saturated carbocycles. The van der Waals surface area contributed by atoms with E-state index in [-0.39, 0.29) is 29.6 Å². The normalized spacial score (nSPS) is 7.20. The van der Waals surface area contributed by atoms with Gasteiger partial charge in [0.15, 0.2) is 0 Å². The molecule has 0 unspecified atom stereocenters. The zero-order chi connectivity index (χ0) is 3.58. The maximum absolute atomic E-state index is 2.38. The first-order chi connectivity index (χ1) is 1.73. The van der Waals surface area contributed by atoms with Gasteiger partial charge in [-0.05, 0) is 0 Å². The van der Waals surface area contributed by atoms with Gasteiger partial charge >= 0.3 is 34.6 Å². The molecule has 0 spiro atoms. The van der Waals surface area contributed by atoms with Crippen molar-refractivity contribution in [2.24, 2.45) is 0 Å². The van der Waals surface area contributed by atoms with E-state index in [0.29, 0.717) is 0 Å². The van der Waals surface area contributed by atoms with Crippen molar-refractivity contribution in [3.05, 3.63) is 0 Å². The summed E-state index contributed by atoms with van der Waals surface area (Å²) in [6, 6.07) is 0. The van der Waals surface area contributed by atoms with Crippen LogP contribution in [-0.2, 0) is 0 Å². The summed E-state index contributed by atoms with van der Waals surface area (Å²) in [5, 5.41) is 0. The Morgan fingerprint density at radius 3 is 1.00 bits per heavy atom. The van der Waals surface area contributed by atoms with Crippen molar-refractivity contribution in [2.75, 3.05) is 0 Å². The largest absolute Gasteiger partial charge is 0 e. The van der Waals surface area contributed by atoms with Crippen molar-refractivity contribution < 1.29 is 0 Å². The van der Waals surface area contributed by atoms with Gasteiger partial charge in [0.1, 0.15) is 0 Å². The minimum absolute atomic E-state index is 0. The molecule has 27 valence electrons. The van der Waals surface area contributed by atoms with E-state index in [9.17, 15) is 0 Å². The van der Waals surface area contributed by atoms with Gasteiger partial charge in [-0.25, -0.2) is 0 Å². The third-order valence-corrected chi connectivity index (χ3v) is 0. The molecule has 1 radical (unpaired) electrons. The van der Waals surface area contributed by atoms with Gasteiger partial charge in [0, 0.05) is 29.6 Å². The van der Waals surface area contributed by atoms with E-state index in [4.69, 9.17) is 0 Å². The van der Waals surface area contributed by atoms with Crippen LogP contribution in [0.15, 0.2) is 0 Å². The maximum Gasteiger partial charge on any atom is 0 e. The summed E-state index contributed by atoms with van der Waals surface area (Å²) in [5.41, 5.74) is 0. The molecule has 0 aromatic heterocycles. The molecule has 0 rings (SSSR count). The molecule has 0 amide bonds. The summed E-state index contributed by atoms with van der Waals surface area (Å²) >= 11 is -0.637. The van der Waals surface area contributed by atoms with Crippen LogP contribution in [0.4, 0.5) is 0 Å². The first-order valence-corrected chi connectivity index (χ1v) is 11.6. The molecular formula is C3H10NaSn. The fraction of sp³-hybridized carbons (Fsp3) is 1.00. The summed E-state index contributed by atoms with van der Waals surface area (Å²) in [5.74, 6) is 0. The first kappa shape index (κ1) is 9.93. The minimum Gasteiger partial charge on any atom is 0 e. The number of hydrogen-bond donors (Lipinski definition) is 0. The second-order valence-corrected chi connectivity index (χ2v) is 11.6. The molecule has 0 heterocycles. The van der Waals surface area contributed by atoms with Gasteiger partial charge in [0.25, 0.3) is 0 Å². The fourth-order valence-electron chi connectivity index (χ4n) is 0. The average Bonchev–Trinajstić information content (AvgIpc) is 0.811. The van der Waals surface area contributed by atoms with E-state index in [2.05, 4.69) is 14.8 Å². The molecule has 0 aromatic carbocycles. The SMILES string of the molecule is [CH3][SnH]([CH3])[CH3].[Na]. The van der Waals surface area contributed by atoms with Gasteiger partial charge in [-0.2, -0.15) is 0 Å². The van der Waals surface area contributed by atoms with Crippen LogP contribution in [0.1, 0.15) is 0 Å². The molecule has 5 heavy (non-hydrogen) atoms. The molecule has 0 aliphatic heterocycles. The predicted molar refractivity (Wildman–Crippen MR) is 30.5 cm³/mol. The Kier molecular flexibility index (Phi) is 11.5. The first-order valence-electron chi connectivity index (χ1n) is 1.73. The van der Waals surface area contributed by atoms with Gasteiger partial charge in [-0.1, -0.05) is 0 Å². The zero-order valence-electron chi connectivity index (χ0n) is 4.58. The number of hydrogen-bond acceptors (Lipinski definition) is 0. The molecule has 0 atom stereocenters. The molecule has 2 heteroatoms. The Morgan fingerprint density at radius 2 is 1.00 bits per heavy atom. The van der Waals surface area contributed by atoms with Crippen LogP contribution in [0.2, 0.25) is 14.8 Å². The molecule has 0 nitrogen and oxygen atoms in total. The molecule has 0 aliphatic carbocycles. The molecule has 0 saturated heterocycles. The van der Waals surface area contributed by atoms with Gasteiger partial charge in [0.2, 0.25) is 0 Å². The Bertz CT molecular complexity index is 11.6. The summed E-state index contributed by atoms with van der Waals surface area (Å²) in [6.45, 7) is 0. The monoisotopic (exact) mass is 189 g/mol. The van der Waals surface area contributed by atoms with E-state index in [1.165, 1.54) is 0 Å². The summed E-state index contributed by atoms with van der Waals surface area (Å²) in [7, 11) is 0. The van der Waals surface area contributed by atoms with E-state index in [1.807, 2.05) is 0 Å². The van der Waals surface area contributed by atoms with Crippen LogP contribution in [0, 0.1) is 0 Å². The summed E-state index contributed by atoms with van der Waals surface area (Å²) in [4.78, 5) is 7.13. The third kappa shape index (κ3) is 25.9. The van der Waals surface area contributed by atoms with Crippen LogP contribution < -0.4 is 0 Å². The van der Waals surface area contributed by atoms with Crippen LogP contribution in [-0.4, -0.2) is 49.3 Å². The van der Waals surface area contributed by atoms with Crippen LogP contribution in [0.5, 0.6) is 0 Å². The molecule has 0 bridgehead atoms. The minimum atomic E-state index is -0.637. The van der Waals surface area contributed by atoms with E-state index >= 15 is 0 Å². The standard InChI is InChI=1S/3CH3.Na.Sn.H/h3*1H3;;;. The zero-order valence-corrected chi connectivity index (χ0v) is 9.87. The van der Waals surface area contributed by atoms with Crippen LogP contribution in [0.3, 0.4) is 0 Å². The van der Waals surface area contributed by atoms with Gasteiger partial charge in [-0.3, -0.25) is 0 Å². The molecule has 0 aliphatic rings. The van der Waals surface area contributed by atoms with Crippen molar-refractivity contribution in [1.82, 2.24) is 0 Å². The Balaban J connectivity index is 0. The van der Waals surface area contributed by atoms with Crippen LogP contribution in [0.25, 0.3) is 0 Å². The molecule has 0 N–H and O–H groups in total. The predicted octanol–water partition coefficient (Wildman–Crippen LogP) is 0.722. The van der Waals surface area contributed by atoms with Crippen molar-refractivity contribution in [1.29, 1.82) is 0 Å². The average molecular weight is 188 g/mol. The topological polar surface area (TPSA) is 0 Å². The van der Waals surface area contributed by atoms with Crippen LogP contribution >= 0.6 is 0 Å². The smallest absolute Gasteiger partial charge is 0 e.